The normalized spacial score (nSPS) is 21.4. The molecule has 2 rings (SSSR count). The maximum atomic E-state index is 11.9. The molecule has 1 aliphatic heterocycles. The number of amides is 1. The van der Waals surface area contributed by atoms with Crippen molar-refractivity contribution in [1.29, 1.82) is 0 Å². The number of hydrogen-bond acceptors (Lipinski definition) is 5. The Morgan fingerprint density at radius 2 is 2.32 bits per heavy atom. The van der Waals surface area contributed by atoms with E-state index in [2.05, 4.69) is 10.1 Å². The van der Waals surface area contributed by atoms with Crippen LogP contribution in [0, 0.1) is 0 Å². The van der Waals surface area contributed by atoms with Gasteiger partial charge in [0, 0.05) is 13.1 Å². The summed E-state index contributed by atoms with van der Waals surface area (Å²) in [6, 6.07) is -0.101. The number of piperidine rings is 1. The molecule has 1 aliphatic rings. The van der Waals surface area contributed by atoms with Crippen LogP contribution in [0.5, 0.6) is 0 Å². The van der Waals surface area contributed by atoms with Crippen LogP contribution in [0.25, 0.3) is 0 Å². The topological polar surface area (TPSA) is 111 Å². The molecule has 0 spiro atoms. The van der Waals surface area contributed by atoms with Crippen LogP contribution < -0.4 is 5.73 Å². The van der Waals surface area contributed by atoms with Crippen molar-refractivity contribution >= 4 is 15.9 Å². The van der Waals surface area contributed by atoms with Crippen molar-refractivity contribution in [2.75, 3.05) is 18.8 Å². The van der Waals surface area contributed by atoms with Gasteiger partial charge in [0.05, 0.1) is 11.8 Å². The number of nitrogens with two attached hydrogens (primary N) is 1. The predicted molar refractivity (Wildman–Crippen MR) is 67.8 cm³/mol. The Hall–Kier alpha value is -1.48. The van der Waals surface area contributed by atoms with Gasteiger partial charge in [-0.1, -0.05) is 0 Å². The van der Waals surface area contributed by atoms with Crippen LogP contribution in [0.4, 0.5) is 0 Å². The first-order chi connectivity index (χ1) is 8.94. The minimum Gasteiger partial charge on any atom is -0.363 e. The highest BCUT2D eigenvalue weighted by Crippen LogP contribution is 2.22. The summed E-state index contributed by atoms with van der Waals surface area (Å²) in [5, 5.41) is 3.99. The van der Waals surface area contributed by atoms with Gasteiger partial charge in [-0.25, -0.2) is 18.1 Å². The number of carbonyl (C=O) groups is 1. The fraction of sp³-hybridized carbons (Fsp3) is 0.700. The summed E-state index contributed by atoms with van der Waals surface area (Å²) in [6.07, 6.45) is 2.99. The molecule has 0 radical (unpaired) electrons. The highest BCUT2D eigenvalue weighted by atomic mass is 32.2. The smallest absolute Gasteiger partial charge is 0.288 e. The Kier molecular flexibility index (Phi) is 3.85. The number of sulfonamides is 1. The predicted octanol–water partition coefficient (Wildman–Crippen LogP) is -0.636. The van der Waals surface area contributed by atoms with Crippen LogP contribution in [-0.2, 0) is 10.0 Å². The molecule has 1 fully saturated rings. The van der Waals surface area contributed by atoms with E-state index in [4.69, 9.17) is 5.73 Å². The molecule has 0 aromatic carbocycles. The molecule has 1 unspecified atom stereocenters. The van der Waals surface area contributed by atoms with Crippen molar-refractivity contribution in [3.8, 4) is 0 Å². The first-order valence-electron chi connectivity index (χ1n) is 6.13. The van der Waals surface area contributed by atoms with E-state index in [9.17, 15) is 13.2 Å². The van der Waals surface area contributed by atoms with E-state index in [0.29, 0.717) is 13.1 Å². The van der Waals surface area contributed by atoms with Crippen molar-refractivity contribution < 1.29 is 13.2 Å². The number of rotatable bonds is 4. The lowest BCUT2D eigenvalue weighted by Crippen LogP contribution is -2.41. The van der Waals surface area contributed by atoms with Gasteiger partial charge in [-0.2, -0.15) is 4.31 Å². The zero-order chi connectivity index (χ0) is 14.0. The van der Waals surface area contributed by atoms with E-state index in [0.717, 1.165) is 12.8 Å². The van der Waals surface area contributed by atoms with Gasteiger partial charge in [0.15, 0.2) is 0 Å². The zero-order valence-electron chi connectivity index (χ0n) is 10.7. The molecule has 8 nitrogen and oxygen atoms in total. The van der Waals surface area contributed by atoms with Crippen molar-refractivity contribution in [2.45, 2.75) is 25.8 Å². The second-order valence-corrected chi connectivity index (χ2v) is 6.72. The average Bonchev–Trinajstić information content (AvgIpc) is 2.89. The lowest BCUT2D eigenvalue weighted by Gasteiger charge is -2.31. The van der Waals surface area contributed by atoms with E-state index in [1.54, 1.807) is 6.92 Å². The minimum absolute atomic E-state index is 0.0459. The number of hydrogen-bond donors (Lipinski definition) is 1. The number of nitrogens with zero attached hydrogens (tertiary/aromatic N) is 4. The number of aromatic nitrogens is 3. The fourth-order valence-electron chi connectivity index (χ4n) is 2.14. The summed E-state index contributed by atoms with van der Waals surface area (Å²) in [4.78, 5) is 14.8. The Labute approximate surface area is 111 Å². The molecule has 106 valence electrons. The third kappa shape index (κ3) is 2.92. The molecule has 2 heterocycles. The minimum atomic E-state index is -3.19. The summed E-state index contributed by atoms with van der Waals surface area (Å²) in [6.45, 7) is 2.52. The molecular weight excluding hydrogens is 270 g/mol. The summed E-state index contributed by atoms with van der Waals surface area (Å²) in [7, 11) is -3.19. The van der Waals surface area contributed by atoms with Crippen molar-refractivity contribution in [1.82, 2.24) is 19.1 Å². The summed E-state index contributed by atoms with van der Waals surface area (Å²) in [5.41, 5.74) is 5.09. The summed E-state index contributed by atoms with van der Waals surface area (Å²) in [5.74, 6) is -0.646. The average molecular weight is 287 g/mol. The SMILES string of the molecule is CCS(=O)(=O)N1CCCC(n2cnc(C(N)=O)n2)C1. The molecule has 9 heteroatoms. The van der Waals surface area contributed by atoms with Gasteiger partial charge in [-0.05, 0) is 19.8 Å². The van der Waals surface area contributed by atoms with E-state index >= 15 is 0 Å². The second-order valence-electron chi connectivity index (χ2n) is 4.47. The third-order valence-electron chi connectivity index (χ3n) is 3.22. The van der Waals surface area contributed by atoms with E-state index in [1.165, 1.54) is 15.3 Å². The van der Waals surface area contributed by atoms with Gasteiger partial charge < -0.3 is 5.73 Å². The summed E-state index contributed by atoms with van der Waals surface area (Å²) >= 11 is 0. The molecule has 1 aromatic heterocycles. The fourth-order valence-corrected chi connectivity index (χ4v) is 3.31. The van der Waals surface area contributed by atoms with Crippen molar-refractivity contribution in [3.05, 3.63) is 12.2 Å². The standard InChI is InChI=1S/C10H17N5O3S/c1-2-19(17,18)14-5-3-4-8(6-14)15-7-12-10(13-15)9(11)16/h7-8H,2-6H2,1H3,(H2,11,16). The molecule has 0 bridgehead atoms. The van der Waals surface area contributed by atoms with Gasteiger partial charge in [-0.15, -0.1) is 5.10 Å². The molecular formula is C10H17N5O3S. The van der Waals surface area contributed by atoms with Gasteiger partial charge >= 0.3 is 0 Å². The lowest BCUT2D eigenvalue weighted by molar-refractivity contribution is 0.0989. The lowest BCUT2D eigenvalue weighted by atomic mass is 10.1. The largest absolute Gasteiger partial charge is 0.363 e. The van der Waals surface area contributed by atoms with Crippen LogP contribution in [-0.4, -0.2) is 52.2 Å². The Balaban J connectivity index is 2.15. The Morgan fingerprint density at radius 3 is 2.89 bits per heavy atom. The first-order valence-corrected chi connectivity index (χ1v) is 7.73. The van der Waals surface area contributed by atoms with Crippen molar-refractivity contribution in [2.24, 2.45) is 5.73 Å². The van der Waals surface area contributed by atoms with Crippen LogP contribution in [0.3, 0.4) is 0 Å². The second kappa shape index (κ2) is 5.25. The Morgan fingerprint density at radius 1 is 1.58 bits per heavy atom. The van der Waals surface area contributed by atoms with Gasteiger partial charge in [0.25, 0.3) is 5.91 Å². The third-order valence-corrected chi connectivity index (χ3v) is 5.07. The molecule has 1 saturated heterocycles. The molecule has 1 atom stereocenters. The summed E-state index contributed by atoms with van der Waals surface area (Å²) < 4.78 is 26.7. The van der Waals surface area contributed by atoms with Crippen LogP contribution in [0.1, 0.15) is 36.4 Å². The van der Waals surface area contributed by atoms with Crippen LogP contribution >= 0.6 is 0 Å². The highest BCUT2D eigenvalue weighted by molar-refractivity contribution is 7.89. The molecule has 0 saturated carbocycles. The van der Waals surface area contributed by atoms with Crippen LogP contribution in [0.15, 0.2) is 6.33 Å². The quantitative estimate of drug-likeness (QED) is 0.792. The van der Waals surface area contributed by atoms with E-state index in [1.807, 2.05) is 0 Å². The van der Waals surface area contributed by atoms with E-state index < -0.39 is 15.9 Å². The van der Waals surface area contributed by atoms with Gasteiger partial charge in [0.2, 0.25) is 15.8 Å². The van der Waals surface area contributed by atoms with Gasteiger partial charge in [-0.3, -0.25) is 4.79 Å². The maximum Gasteiger partial charge on any atom is 0.288 e. The Bertz CT molecular complexity index is 567. The highest BCUT2D eigenvalue weighted by Gasteiger charge is 2.29. The monoisotopic (exact) mass is 287 g/mol. The maximum absolute atomic E-state index is 11.9. The van der Waals surface area contributed by atoms with Gasteiger partial charge in [0.1, 0.15) is 6.33 Å². The van der Waals surface area contributed by atoms with E-state index in [-0.39, 0.29) is 17.6 Å². The number of primary amides is 1. The zero-order valence-corrected chi connectivity index (χ0v) is 11.5. The molecule has 2 N–H and O–H groups in total. The molecule has 1 amide bonds. The van der Waals surface area contributed by atoms with Crippen molar-refractivity contribution in [3.63, 3.8) is 0 Å². The number of carbonyl (C=O) groups excluding carboxylic acids is 1. The van der Waals surface area contributed by atoms with Crippen LogP contribution in [0.2, 0.25) is 0 Å². The molecule has 0 aliphatic carbocycles. The molecule has 19 heavy (non-hydrogen) atoms. The first kappa shape index (κ1) is 13.9. The molecule has 1 aromatic rings.